The fourth-order valence-electron chi connectivity index (χ4n) is 4.05. The second-order valence-electron chi connectivity index (χ2n) is 7.77. The van der Waals surface area contributed by atoms with Crippen LogP contribution in [0.15, 0.2) is 53.4 Å². The first-order chi connectivity index (χ1) is 14.9. The summed E-state index contributed by atoms with van der Waals surface area (Å²) in [5, 5.41) is 0. The van der Waals surface area contributed by atoms with E-state index in [1.54, 1.807) is 17.0 Å². The molecule has 3 rings (SSSR count). The Kier molecular flexibility index (Phi) is 7.69. The molecule has 168 valence electrons. The van der Waals surface area contributed by atoms with Gasteiger partial charge in [0.15, 0.2) is 0 Å². The standard InChI is InChI=1S/C23H31N3O4S/c1-24-31(28,29)21-13-9-12-19(23(21)30-3)16-22(27)25(2)20(17-26-14-7-8-15-26)18-10-5-4-6-11-18/h4-6,9-13,20,24H,7-8,14-17H2,1-3H3. The SMILES string of the molecule is CNS(=O)(=O)c1cccc(CC(=O)N(C)C(CN2CCCC2)c2ccccc2)c1OC. The molecule has 1 fully saturated rings. The van der Waals surface area contributed by atoms with E-state index in [1.165, 1.54) is 33.1 Å². The number of benzene rings is 2. The first-order valence-corrected chi connectivity index (χ1v) is 12.0. The number of carbonyl (C=O) groups excluding carboxylic acids is 1. The number of amides is 1. The molecule has 1 heterocycles. The lowest BCUT2D eigenvalue weighted by atomic mass is 10.0. The van der Waals surface area contributed by atoms with Crippen LogP contribution in [0.5, 0.6) is 5.75 Å². The van der Waals surface area contributed by atoms with Crippen LogP contribution >= 0.6 is 0 Å². The molecule has 1 saturated heterocycles. The van der Waals surface area contributed by atoms with Crippen LogP contribution in [0.25, 0.3) is 0 Å². The van der Waals surface area contributed by atoms with Crippen LogP contribution in [-0.4, -0.2) is 65.0 Å². The van der Waals surface area contributed by atoms with Gasteiger partial charge in [-0.1, -0.05) is 42.5 Å². The molecule has 0 aliphatic carbocycles. The number of likely N-dealkylation sites (N-methyl/N-ethyl adjacent to an activating group) is 1. The third-order valence-corrected chi connectivity index (χ3v) is 7.28. The highest BCUT2D eigenvalue weighted by Gasteiger charge is 2.27. The van der Waals surface area contributed by atoms with E-state index in [1.807, 2.05) is 37.4 Å². The molecule has 0 spiro atoms. The van der Waals surface area contributed by atoms with Crippen LogP contribution in [0.1, 0.15) is 30.0 Å². The van der Waals surface area contributed by atoms with Gasteiger partial charge >= 0.3 is 0 Å². The van der Waals surface area contributed by atoms with Crippen molar-refractivity contribution in [1.82, 2.24) is 14.5 Å². The number of nitrogens with one attached hydrogen (secondary N) is 1. The monoisotopic (exact) mass is 445 g/mol. The lowest BCUT2D eigenvalue weighted by molar-refractivity contribution is -0.131. The molecule has 1 aliphatic heterocycles. The summed E-state index contributed by atoms with van der Waals surface area (Å²) in [6.45, 7) is 2.86. The van der Waals surface area contributed by atoms with Gasteiger partial charge in [0.25, 0.3) is 0 Å². The van der Waals surface area contributed by atoms with Gasteiger partial charge in [-0.25, -0.2) is 13.1 Å². The number of hydrogen-bond donors (Lipinski definition) is 1. The van der Waals surface area contributed by atoms with Gasteiger partial charge in [0.1, 0.15) is 10.6 Å². The van der Waals surface area contributed by atoms with Crippen LogP contribution in [0, 0.1) is 0 Å². The maximum absolute atomic E-state index is 13.3. The molecular weight excluding hydrogens is 414 g/mol. The van der Waals surface area contributed by atoms with E-state index in [-0.39, 0.29) is 29.0 Å². The summed E-state index contributed by atoms with van der Waals surface area (Å²) in [5.41, 5.74) is 1.63. The highest BCUT2D eigenvalue weighted by Crippen LogP contribution is 2.30. The molecule has 8 heteroatoms. The molecule has 1 N–H and O–H groups in total. The minimum absolute atomic E-state index is 0.0297. The molecule has 1 unspecified atom stereocenters. The molecule has 31 heavy (non-hydrogen) atoms. The Hall–Kier alpha value is -2.42. The molecule has 1 amide bonds. The smallest absolute Gasteiger partial charge is 0.244 e. The minimum atomic E-state index is -3.70. The fourth-order valence-corrected chi connectivity index (χ4v) is 4.99. The number of ether oxygens (including phenoxy) is 1. The van der Waals surface area contributed by atoms with Gasteiger partial charge in [-0.15, -0.1) is 0 Å². The number of carbonyl (C=O) groups is 1. The maximum atomic E-state index is 13.3. The van der Waals surface area contributed by atoms with Crippen molar-refractivity contribution in [3.8, 4) is 5.75 Å². The maximum Gasteiger partial charge on any atom is 0.244 e. The topological polar surface area (TPSA) is 79.0 Å². The van der Waals surface area contributed by atoms with Crippen molar-refractivity contribution in [2.75, 3.05) is 40.8 Å². The van der Waals surface area contributed by atoms with Gasteiger partial charge in [-0.3, -0.25) is 4.79 Å². The fraction of sp³-hybridized carbons (Fsp3) is 0.435. The van der Waals surface area contributed by atoms with Gasteiger partial charge in [-0.05, 0) is 44.6 Å². The van der Waals surface area contributed by atoms with Gasteiger partial charge < -0.3 is 14.5 Å². The van der Waals surface area contributed by atoms with Crippen molar-refractivity contribution < 1.29 is 17.9 Å². The molecule has 0 aromatic heterocycles. The molecular formula is C23H31N3O4S. The molecule has 0 radical (unpaired) electrons. The number of likely N-dealkylation sites (tertiary alicyclic amines) is 1. The van der Waals surface area contributed by atoms with Crippen molar-refractivity contribution in [2.24, 2.45) is 0 Å². The molecule has 0 saturated carbocycles. The first kappa shape index (κ1) is 23.2. The second kappa shape index (κ2) is 10.3. The lowest BCUT2D eigenvalue weighted by Gasteiger charge is -2.32. The Morgan fingerprint density at radius 2 is 1.81 bits per heavy atom. The van der Waals surface area contributed by atoms with E-state index < -0.39 is 10.0 Å². The zero-order chi connectivity index (χ0) is 22.4. The number of methoxy groups -OCH3 is 1. The number of hydrogen-bond acceptors (Lipinski definition) is 5. The molecule has 1 atom stereocenters. The quantitative estimate of drug-likeness (QED) is 0.641. The molecule has 0 bridgehead atoms. The Labute approximate surface area is 185 Å². The van der Waals surface area contributed by atoms with Crippen molar-refractivity contribution in [3.63, 3.8) is 0 Å². The number of para-hydroxylation sites is 1. The Morgan fingerprint density at radius 1 is 1.13 bits per heavy atom. The summed E-state index contributed by atoms with van der Waals surface area (Å²) in [6.07, 6.45) is 2.42. The average molecular weight is 446 g/mol. The van der Waals surface area contributed by atoms with Gasteiger partial charge in [0.2, 0.25) is 15.9 Å². The van der Waals surface area contributed by atoms with Crippen molar-refractivity contribution in [2.45, 2.75) is 30.2 Å². The normalized spacial score (nSPS) is 15.6. The van der Waals surface area contributed by atoms with E-state index in [0.29, 0.717) is 5.56 Å². The van der Waals surface area contributed by atoms with E-state index in [9.17, 15) is 13.2 Å². The van der Waals surface area contributed by atoms with E-state index in [4.69, 9.17) is 4.74 Å². The predicted molar refractivity (Wildman–Crippen MR) is 121 cm³/mol. The first-order valence-electron chi connectivity index (χ1n) is 10.5. The van der Waals surface area contributed by atoms with Crippen LogP contribution in [0.2, 0.25) is 0 Å². The number of nitrogens with zero attached hydrogens (tertiary/aromatic N) is 2. The summed E-state index contributed by atoms with van der Waals surface area (Å²) >= 11 is 0. The zero-order valence-corrected chi connectivity index (χ0v) is 19.2. The molecule has 2 aromatic carbocycles. The third-order valence-electron chi connectivity index (χ3n) is 5.84. The second-order valence-corrected chi connectivity index (χ2v) is 9.63. The summed E-state index contributed by atoms with van der Waals surface area (Å²) in [4.78, 5) is 17.5. The molecule has 7 nitrogen and oxygen atoms in total. The summed E-state index contributed by atoms with van der Waals surface area (Å²) in [7, 11) is 0.884. The minimum Gasteiger partial charge on any atom is -0.495 e. The van der Waals surface area contributed by atoms with Gasteiger partial charge in [0.05, 0.1) is 19.6 Å². The third kappa shape index (κ3) is 5.44. The predicted octanol–water partition coefficient (Wildman–Crippen LogP) is 2.44. The number of sulfonamides is 1. The molecule has 1 aliphatic rings. The Bertz CT molecular complexity index is 989. The van der Waals surface area contributed by atoms with Gasteiger partial charge in [-0.2, -0.15) is 0 Å². The highest BCUT2D eigenvalue weighted by molar-refractivity contribution is 7.89. The number of rotatable bonds is 9. The summed E-state index contributed by atoms with van der Waals surface area (Å²) in [6, 6.07) is 14.8. The van der Waals surface area contributed by atoms with Crippen LogP contribution in [-0.2, 0) is 21.2 Å². The average Bonchev–Trinajstić information content (AvgIpc) is 3.30. The largest absolute Gasteiger partial charge is 0.495 e. The van der Waals surface area contributed by atoms with Crippen molar-refractivity contribution in [3.05, 3.63) is 59.7 Å². The van der Waals surface area contributed by atoms with Gasteiger partial charge in [0, 0.05) is 19.2 Å². The van der Waals surface area contributed by atoms with Crippen molar-refractivity contribution >= 4 is 15.9 Å². The Balaban J connectivity index is 1.86. The van der Waals surface area contributed by atoms with E-state index in [2.05, 4.69) is 9.62 Å². The van der Waals surface area contributed by atoms with Crippen LogP contribution in [0.4, 0.5) is 0 Å². The summed E-state index contributed by atoms with van der Waals surface area (Å²) in [5.74, 6) is 0.111. The highest BCUT2D eigenvalue weighted by atomic mass is 32.2. The van der Waals surface area contributed by atoms with Crippen molar-refractivity contribution in [1.29, 1.82) is 0 Å². The van der Waals surface area contributed by atoms with Crippen LogP contribution in [0.3, 0.4) is 0 Å². The van der Waals surface area contributed by atoms with Crippen LogP contribution < -0.4 is 9.46 Å². The zero-order valence-electron chi connectivity index (χ0n) is 18.4. The van der Waals surface area contributed by atoms with E-state index >= 15 is 0 Å². The van der Waals surface area contributed by atoms with E-state index in [0.717, 1.165) is 25.2 Å². The molecule has 2 aromatic rings. The Morgan fingerprint density at radius 3 is 2.42 bits per heavy atom. The lowest BCUT2D eigenvalue weighted by Crippen LogP contribution is -2.39. The summed E-state index contributed by atoms with van der Waals surface area (Å²) < 4.78 is 32.4.